The zero-order valence-electron chi connectivity index (χ0n) is 13.5. The highest BCUT2D eigenvalue weighted by atomic mass is 32.2. The number of hydrogen-bond donors (Lipinski definition) is 0. The van der Waals surface area contributed by atoms with Gasteiger partial charge in [0.05, 0.1) is 26.3 Å². The molecule has 3 heterocycles. The van der Waals surface area contributed by atoms with E-state index in [1.165, 1.54) is 36.4 Å². The van der Waals surface area contributed by atoms with E-state index < -0.39 is 10.0 Å². The number of morpholine rings is 1. The number of anilines is 1. The lowest BCUT2D eigenvalue weighted by atomic mass is 10.1. The molecule has 0 amide bonds. The second-order valence-electron chi connectivity index (χ2n) is 6.18. The molecule has 2 saturated heterocycles. The fourth-order valence-corrected chi connectivity index (χ4v) is 4.56. The molecule has 0 saturated carbocycles. The highest BCUT2D eigenvalue weighted by Gasteiger charge is 2.27. The highest BCUT2D eigenvalue weighted by molar-refractivity contribution is 7.89. The SMILES string of the molecule is O=S(=O)(c1ccc(N2CCCCCCC2)[nH+]c1)N1CCOCC1. The molecule has 1 aromatic heterocycles. The van der Waals surface area contributed by atoms with Gasteiger partial charge in [0.1, 0.15) is 11.1 Å². The first kappa shape index (κ1) is 16.7. The molecule has 0 unspecified atom stereocenters. The molecule has 0 radical (unpaired) electrons. The molecule has 0 atom stereocenters. The Bertz CT molecular complexity index is 590. The Hall–Kier alpha value is -1.18. The first-order chi connectivity index (χ1) is 11.2. The number of H-pyrrole nitrogens is 1. The fourth-order valence-electron chi connectivity index (χ4n) is 3.18. The topological polar surface area (TPSA) is 64.0 Å². The van der Waals surface area contributed by atoms with Crippen LogP contribution >= 0.6 is 0 Å². The molecule has 2 fully saturated rings. The Morgan fingerprint density at radius 3 is 2.17 bits per heavy atom. The summed E-state index contributed by atoms with van der Waals surface area (Å²) in [6.07, 6.45) is 7.90. The molecule has 0 aromatic carbocycles. The minimum atomic E-state index is -3.42. The zero-order chi connectivity index (χ0) is 16.1. The van der Waals surface area contributed by atoms with Gasteiger partial charge in [-0.1, -0.05) is 6.42 Å². The van der Waals surface area contributed by atoms with Crippen LogP contribution in [-0.2, 0) is 14.8 Å². The quantitative estimate of drug-likeness (QED) is 0.832. The molecule has 0 aliphatic carbocycles. The van der Waals surface area contributed by atoms with Crippen molar-refractivity contribution in [2.24, 2.45) is 0 Å². The smallest absolute Gasteiger partial charge is 0.274 e. The van der Waals surface area contributed by atoms with Crippen LogP contribution in [0.15, 0.2) is 23.2 Å². The van der Waals surface area contributed by atoms with E-state index in [4.69, 9.17) is 4.74 Å². The lowest BCUT2D eigenvalue weighted by molar-refractivity contribution is -0.367. The van der Waals surface area contributed by atoms with Crippen molar-refractivity contribution in [3.05, 3.63) is 18.3 Å². The van der Waals surface area contributed by atoms with Crippen molar-refractivity contribution >= 4 is 15.8 Å². The summed E-state index contributed by atoms with van der Waals surface area (Å²) >= 11 is 0. The second kappa shape index (κ2) is 7.59. The average Bonchev–Trinajstić information content (AvgIpc) is 2.56. The lowest BCUT2D eigenvalue weighted by Crippen LogP contribution is -2.41. The third-order valence-corrected chi connectivity index (χ3v) is 6.47. The Morgan fingerprint density at radius 1 is 0.913 bits per heavy atom. The summed E-state index contributed by atoms with van der Waals surface area (Å²) in [6, 6.07) is 3.62. The summed E-state index contributed by atoms with van der Waals surface area (Å²) in [6.45, 7) is 3.86. The van der Waals surface area contributed by atoms with Gasteiger partial charge < -0.3 is 4.74 Å². The molecule has 6 nitrogen and oxygen atoms in total. The van der Waals surface area contributed by atoms with Crippen LogP contribution in [0.4, 0.5) is 5.82 Å². The number of pyridine rings is 1. The molecule has 23 heavy (non-hydrogen) atoms. The molecule has 128 valence electrons. The van der Waals surface area contributed by atoms with Crippen LogP contribution < -0.4 is 9.88 Å². The maximum Gasteiger partial charge on any atom is 0.274 e. The van der Waals surface area contributed by atoms with Crippen LogP contribution in [0.3, 0.4) is 0 Å². The van der Waals surface area contributed by atoms with E-state index in [0.717, 1.165) is 18.9 Å². The standard InChI is InChI=1S/C16H25N3O3S/c20-23(21,19-10-12-22-13-11-19)15-6-7-16(17-14-15)18-8-4-2-1-3-5-9-18/h6-7,14H,1-5,8-13H2/p+1. The fraction of sp³-hybridized carbons (Fsp3) is 0.688. The summed E-state index contributed by atoms with van der Waals surface area (Å²) in [5.74, 6) is 1.01. The molecule has 2 aliphatic heterocycles. The lowest BCUT2D eigenvalue weighted by Gasteiger charge is -2.25. The summed E-state index contributed by atoms with van der Waals surface area (Å²) in [5.41, 5.74) is 0. The number of nitrogens with one attached hydrogen (secondary N) is 1. The molecule has 0 spiro atoms. The number of hydrogen-bond acceptors (Lipinski definition) is 4. The summed E-state index contributed by atoms with van der Waals surface area (Å²) in [4.78, 5) is 5.84. The monoisotopic (exact) mass is 340 g/mol. The molecular weight excluding hydrogens is 314 g/mol. The van der Waals surface area contributed by atoms with Gasteiger partial charge in [-0.2, -0.15) is 4.31 Å². The minimum Gasteiger partial charge on any atom is -0.379 e. The zero-order valence-corrected chi connectivity index (χ0v) is 14.4. The Balaban J connectivity index is 1.73. The van der Waals surface area contributed by atoms with E-state index in [2.05, 4.69) is 9.88 Å². The molecule has 1 aromatic rings. The maximum atomic E-state index is 12.6. The van der Waals surface area contributed by atoms with Gasteiger partial charge in [0.25, 0.3) is 5.82 Å². The van der Waals surface area contributed by atoms with Crippen LogP contribution in [-0.4, -0.2) is 52.1 Å². The molecular formula is C16H26N3O3S+. The van der Waals surface area contributed by atoms with Gasteiger partial charge in [-0.05, 0) is 31.7 Å². The van der Waals surface area contributed by atoms with E-state index in [-0.39, 0.29) is 0 Å². The van der Waals surface area contributed by atoms with Crippen molar-refractivity contribution < 1.29 is 18.1 Å². The molecule has 1 N–H and O–H groups in total. The maximum absolute atomic E-state index is 12.6. The van der Waals surface area contributed by atoms with Crippen molar-refractivity contribution in [1.82, 2.24) is 4.31 Å². The first-order valence-electron chi connectivity index (χ1n) is 8.52. The van der Waals surface area contributed by atoms with Crippen molar-refractivity contribution in [3.63, 3.8) is 0 Å². The number of sulfonamides is 1. The average molecular weight is 340 g/mol. The van der Waals surface area contributed by atoms with Crippen molar-refractivity contribution in [2.45, 2.75) is 37.0 Å². The van der Waals surface area contributed by atoms with Crippen molar-refractivity contribution in [2.75, 3.05) is 44.3 Å². The molecule has 2 aliphatic rings. The molecule has 3 rings (SSSR count). The van der Waals surface area contributed by atoms with Crippen molar-refractivity contribution in [1.29, 1.82) is 0 Å². The number of rotatable bonds is 3. The van der Waals surface area contributed by atoms with Crippen LogP contribution in [0.2, 0.25) is 0 Å². The van der Waals surface area contributed by atoms with Gasteiger partial charge in [0.15, 0.2) is 0 Å². The molecule has 0 bridgehead atoms. The number of aromatic nitrogens is 1. The van der Waals surface area contributed by atoms with Crippen LogP contribution in [0.5, 0.6) is 0 Å². The van der Waals surface area contributed by atoms with E-state index in [0.29, 0.717) is 31.2 Å². The third-order valence-electron chi connectivity index (χ3n) is 4.57. The van der Waals surface area contributed by atoms with Gasteiger partial charge in [-0.25, -0.2) is 13.4 Å². The number of nitrogens with zero attached hydrogens (tertiary/aromatic N) is 2. The Morgan fingerprint density at radius 2 is 1.57 bits per heavy atom. The van der Waals surface area contributed by atoms with Gasteiger partial charge in [0, 0.05) is 19.2 Å². The van der Waals surface area contributed by atoms with Crippen LogP contribution in [0.1, 0.15) is 32.1 Å². The largest absolute Gasteiger partial charge is 0.379 e. The predicted octanol–water partition coefficient (Wildman–Crippen LogP) is 1.29. The van der Waals surface area contributed by atoms with Gasteiger partial charge in [-0.15, -0.1) is 0 Å². The van der Waals surface area contributed by atoms with E-state index in [1.54, 1.807) is 12.3 Å². The predicted molar refractivity (Wildman–Crippen MR) is 87.9 cm³/mol. The normalized spacial score (nSPS) is 21.7. The summed E-state index contributed by atoms with van der Waals surface area (Å²) in [5, 5.41) is 0. The summed E-state index contributed by atoms with van der Waals surface area (Å²) in [7, 11) is -3.42. The Labute approximate surface area is 138 Å². The number of aromatic amines is 1. The first-order valence-corrected chi connectivity index (χ1v) is 9.96. The summed E-state index contributed by atoms with van der Waals surface area (Å²) < 4.78 is 32.0. The van der Waals surface area contributed by atoms with E-state index >= 15 is 0 Å². The minimum absolute atomic E-state index is 0.329. The van der Waals surface area contributed by atoms with Gasteiger partial charge in [0.2, 0.25) is 10.0 Å². The van der Waals surface area contributed by atoms with Gasteiger partial charge in [-0.3, -0.25) is 4.90 Å². The van der Waals surface area contributed by atoms with Crippen LogP contribution in [0, 0.1) is 0 Å². The van der Waals surface area contributed by atoms with Gasteiger partial charge >= 0.3 is 0 Å². The van der Waals surface area contributed by atoms with Crippen LogP contribution in [0.25, 0.3) is 0 Å². The van der Waals surface area contributed by atoms with E-state index in [9.17, 15) is 8.42 Å². The third kappa shape index (κ3) is 4.02. The Kier molecular flexibility index (Phi) is 5.50. The number of ether oxygens (including phenoxy) is 1. The molecule has 7 heteroatoms. The van der Waals surface area contributed by atoms with E-state index in [1.807, 2.05) is 6.07 Å². The second-order valence-corrected chi connectivity index (χ2v) is 8.12. The highest BCUT2D eigenvalue weighted by Crippen LogP contribution is 2.19. The van der Waals surface area contributed by atoms with Crippen molar-refractivity contribution in [3.8, 4) is 0 Å².